The molecule has 0 spiro atoms. The van der Waals surface area contributed by atoms with Crippen LogP contribution >= 0.6 is 11.8 Å². The van der Waals surface area contributed by atoms with Crippen LogP contribution in [0.5, 0.6) is 0 Å². The minimum atomic E-state index is 0.193. The predicted octanol–water partition coefficient (Wildman–Crippen LogP) is 1.30. The van der Waals surface area contributed by atoms with Gasteiger partial charge in [-0.15, -0.1) is 0 Å². The number of hydrogen-bond donors (Lipinski definition) is 0. The second-order valence-electron chi connectivity index (χ2n) is 5.63. The first kappa shape index (κ1) is 13.9. The number of aromatic nitrogens is 1. The largest absolute Gasteiger partial charge is 0.361 e. The highest BCUT2D eigenvalue weighted by atomic mass is 32.2. The summed E-state index contributed by atoms with van der Waals surface area (Å²) in [6, 6.07) is 0. The van der Waals surface area contributed by atoms with E-state index in [1.165, 1.54) is 5.56 Å². The molecule has 5 nitrogen and oxygen atoms in total. The highest BCUT2D eigenvalue weighted by Crippen LogP contribution is 2.24. The molecular weight excluding hydrogens is 274 g/mol. The summed E-state index contributed by atoms with van der Waals surface area (Å²) in [5.41, 5.74) is 2.13. The third-order valence-electron chi connectivity index (χ3n) is 4.19. The number of carbonyl (C=O) groups is 1. The van der Waals surface area contributed by atoms with Crippen LogP contribution in [0.3, 0.4) is 0 Å². The van der Waals surface area contributed by atoms with Gasteiger partial charge in [0.05, 0.1) is 11.6 Å². The number of carbonyl (C=O) groups excluding carboxylic acids is 1. The van der Waals surface area contributed by atoms with Crippen LogP contribution in [0.15, 0.2) is 4.52 Å². The Morgan fingerprint density at radius 1 is 1.35 bits per heavy atom. The highest BCUT2D eigenvalue weighted by molar-refractivity contribution is 7.99. The van der Waals surface area contributed by atoms with Crippen LogP contribution in [0.2, 0.25) is 0 Å². The van der Waals surface area contributed by atoms with Gasteiger partial charge in [-0.2, -0.15) is 11.8 Å². The lowest BCUT2D eigenvalue weighted by molar-refractivity contribution is -0.141. The lowest BCUT2D eigenvalue weighted by Gasteiger charge is -2.41. The standard InChI is InChI=1S/C14H21N3O2S/c1-10-13(11(2)19-15-10)9-16-7-12(8-16)14(18)17-3-5-20-6-4-17/h12H,3-9H2,1-2H3. The molecule has 2 fully saturated rings. The Morgan fingerprint density at radius 2 is 2.05 bits per heavy atom. The molecule has 0 atom stereocenters. The summed E-state index contributed by atoms with van der Waals surface area (Å²) in [6.07, 6.45) is 0. The van der Waals surface area contributed by atoms with Gasteiger partial charge < -0.3 is 9.42 Å². The first-order chi connectivity index (χ1) is 9.65. The SMILES string of the molecule is Cc1noc(C)c1CN1CC(C(=O)N2CCSCC2)C1. The molecule has 1 amide bonds. The molecule has 1 aromatic rings. The molecule has 0 unspecified atom stereocenters. The Morgan fingerprint density at radius 3 is 2.65 bits per heavy atom. The molecule has 3 heterocycles. The van der Waals surface area contributed by atoms with Crippen LogP contribution < -0.4 is 0 Å². The Labute approximate surface area is 123 Å². The van der Waals surface area contributed by atoms with E-state index in [1.807, 2.05) is 30.5 Å². The fourth-order valence-electron chi connectivity index (χ4n) is 2.85. The van der Waals surface area contributed by atoms with Gasteiger partial charge in [0.15, 0.2) is 0 Å². The van der Waals surface area contributed by atoms with E-state index in [9.17, 15) is 4.79 Å². The van der Waals surface area contributed by atoms with E-state index in [1.54, 1.807) is 0 Å². The van der Waals surface area contributed by atoms with E-state index in [4.69, 9.17) is 4.52 Å². The summed E-state index contributed by atoms with van der Waals surface area (Å²) < 4.78 is 5.18. The average molecular weight is 295 g/mol. The molecule has 20 heavy (non-hydrogen) atoms. The van der Waals surface area contributed by atoms with E-state index < -0.39 is 0 Å². The quantitative estimate of drug-likeness (QED) is 0.841. The van der Waals surface area contributed by atoms with Crippen LogP contribution in [0, 0.1) is 19.8 Å². The topological polar surface area (TPSA) is 49.6 Å². The Bertz CT molecular complexity index is 471. The number of amides is 1. The summed E-state index contributed by atoms with van der Waals surface area (Å²) in [7, 11) is 0. The van der Waals surface area contributed by atoms with Crippen molar-refractivity contribution in [3.05, 3.63) is 17.0 Å². The van der Waals surface area contributed by atoms with Crippen LogP contribution in [0.1, 0.15) is 17.0 Å². The molecule has 3 rings (SSSR count). The molecule has 1 aromatic heterocycles. The molecular formula is C14H21N3O2S. The van der Waals surface area contributed by atoms with Crippen molar-refractivity contribution >= 4 is 17.7 Å². The monoisotopic (exact) mass is 295 g/mol. The molecule has 0 N–H and O–H groups in total. The summed E-state index contributed by atoms with van der Waals surface area (Å²) in [6.45, 7) is 8.34. The minimum Gasteiger partial charge on any atom is -0.361 e. The zero-order chi connectivity index (χ0) is 14.1. The molecule has 0 aromatic carbocycles. The molecule has 2 saturated heterocycles. The van der Waals surface area contributed by atoms with Crippen molar-refractivity contribution in [3.63, 3.8) is 0 Å². The third-order valence-corrected chi connectivity index (χ3v) is 5.13. The third kappa shape index (κ3) is 2.72. The second kappa shape index (κ2) is 5.77. The maximum absolute atomic E-state index is 12.3. The second-order valence-corrected chi connectivity index (χ2v) is 6.86. The average Bonchev–Trinajstić information content (AvgIpc) is 2.73. The molecule has 0 aliphatic carbocycles. The molecule has 2 aliphatic heterocycles. The Hall–Kier alpha value is -1.01. The first-order valence-corrected chi connectivity index (χ1v) is 8.31. The van der Waals surface area contributed by atoms with Gasteiger partial charge in [0.25, 0.3) is 0 Å². The van der Waals surface area contributed by atoms with Crippen molar-refractivity contribution in [1.82, 2.24) is 15.0 Å². The van der Waals surface area contributed by atoms with Crippen LogP contribution in [-0.4, -0.2) is 58.5 Å². The molecule has 0 saturated carbocycles. The highest BCUT2D eigenvalue weighted by Gasteiger charge is 2.36. The van der Waals surface area contributed by atoms with Crippen molar-refractivity contribution in [2.75, 3.05) is 37.7 Å². The van der Waals surface area contributed by atoms with Gasteiger partial charge in [-0.25, -0.2) is 0 Å². The number of nitrogens with zero attached hydrogens (tertiary/aromatic N) is 3. The van der Waals surface area contributed by atoms with E-state index in [0.717, 1.165) is 55.7 Å². The van der Waals surface area contributed by atoms with E-state index >= 15 is 0 Å². The molecule has 6 heteroatoms. The van der Waals surface area contributed by atoms with Crippen molar-refractivity contribution < 1.29 is 9.32 Å². The zero-order valence-corrected chi connectivity index (χ0v) is 12.9. The smallest absolute Gasteiger partial charge is 0.228 e. The van der Waals surface area contributed by atoms with Gasteiger partial charge in [-0.05, 0) is 13.8 Å². The molecule has 0 bridgehead atoms. The van der Waals surface area contributed by atoms with E-state index in [2.05, 4.69) is 10.1 Å². The van der Waals surface area contributed by atoms with Crippen molar-refractivity contribution in [3.8, 4) is 0 Å². The maximum Gasteiger partial charge on any atom is 0.228 e. The minimum absolute atomic E-state index is 0.193. The lowest BCUT2D eigenvalue weighted by Crippen LogP contribution is -2.55. The van der Waals surface area contributed by atoms with Crippen molar-refractivity contribution in [1.29, 1.82) is 0 Å². The zero-order valence-electron chi connectivity index (χ0n) is 12.1. The first-order valence-electron chi connectivity index (χ1n) is 7.16. The summed E-state index contributed by atoms with van der Waals surface area (Å²) >= 11 is 1.94. The molecule has 2 aliphatic rings. The Kier molecular flexibility index (Phi) is 4.03. The number of aryl methyl sites for hydroxylation is 2. The van der Waals surface area contributed by atoms with Crippen LogP contribution in [0.4, 0.5) is 0 Å². The Balaban J connectivity index is 1.50. The normalized spacial score (nSPS) is 21.0. The van der Waals surface area contributed by atoms with E-state index in [0.29, 0.717) is 5.91 Å². The number of hydrogen-bond acceptors (Lipinski definition) is 5. The lowest BCUT2D eigenvalue weighted by atomic mass is 9.97. The fourth-order valence-corrected chi connectivity index (χ4v) is 3.75. The molecule has 110 valence electrons. The van der Waals surface area contributed by atoms with Crippen LogP contribution in [-0.2, 0) is 11.3 Å². The van der Waals surface area contributed by atoms with Gasteiger partial charge in [0.1, 0.15) is 5.76 Å². The van der Waals surface area contributed by atoms with Crippen molar-refractivity contribution in [2.24, 2.45) is 5.92 Å². The number of rotatable bonds is 3. The summed E-state index contributed by atoms with van der Waals surface area (Å²) in [5, 5.41) is 3.98. The van der Waals surface area contributed by atoms with Gasteiger partial charge in [-0.1, -0.05) is 5.16 Å². The summed E-state index contributed by atoms with van der Waals surface area (Å²) in [5.74, 6) is 3.60. The molecule has 0 radical (unpaired) electrons. The van der Waals surface area contributed by atoms with Gasteiger partial charge in [0, 0.05) is 49.8 Å². The number of thioether (sulfide) groups is 1. The van der Waals surface area contributed by atoms with Crippen molar-refractivity contribution in [2.45, 2.75) is 20.4 Å². The fraction of sp³-hybridized carbons (Fsp3) is 0.714. The summed E-state index contributed by atoms with van der Waals surface area (Å²) in [4.78, 5) is 16.7. The van der Waals surface area contributed by atoms with Gasteiger partial charge in [-0.3, -0.25) is 9.69 Å². The van der Waals surface area contributed by atoms with Gasteiger partial charge >= 0.3 is 0 Å². The van der Waals surface area contributed by atoms with E-state index in [-0.39, 0.29) is 5.92 Å². The predicted molar refractivity (Wildman–Crippen MR) is 78.6 cm³/mol. The van der Waals surface area contributed by atoms with Gasteiger partial charge in [0.2, 0.25) is 5.91 Å². The maximum atomic E-state index is 12.3. The number of likely N-dealkylation sites (tertiary alicyclic amines) is 1. The van der Waals surface area contributed by atoms with Crippen LogP contribution in [0.25, 0.3) is 0 Å².